The van der Waals surface area contributed by atoms with Crippen LogP contribution in [0.4, 0.5) is 11.4 Å². The number of carbonyl (C=O) groups excluding carboxylic acids is 1. The van der Waals surface area contributed by atoms with E-state index in [9.17, 15) is 29.8 Å². The van der Waals surface area contributed by atoms with Crippen molar-refractivity contribution < 1.29 is 19.4 Å². The van der Waals surface area contributed by atoms with Crippen LogP contribution in [-0.4, -0.2) is 27.0 Å². The van der Waals surface area contributed by atoms with Crippen LogP contribution >= 0.6 is 11.6 Å². The number of fused-ring (bicyclic) bond motifs is 1. The van der Waals surface area contributed by atoms with Crippen molar-refractivity contribution >= 4 is 39.8 Å². The second-order valence-electron chi connectivity index (χ2n) is 5.82. The monoisotopic (exact) mass is 417 g/mol. The SMILES string of the molecule is CCOC(=O)c1cn(-c2cccc([N+](=O)[O-])c2)c2cc(Cl)c([N+](=O)[O-])cc2c1=O. The first-order chi connectivity index (χ1) is 13.7. The van der Waals surface area contributed by atoms with Crippen LogP contribution in [0.1, 0.15) is 17.3 Å². The number of rotatable bonds is 5. The second kappa shape index (κ2) is 7.68. The third-order valence-corrected chi connectivity index (χ3v) is 4.39. The van der Waals surface area contributed by atoms with Gasteiger partial charge in [0, 0.05) is 24.4 Å². The molecule has 0 atom stereocenters. The highest BCUT2D eigenvalue weighted by Gasteiger charge is 2.22. The molecule has 3 aromatic rings. The number of halogens is 1. The van der Waals surface area contributed by atoms with Gasteiger partial charge in [0.25, 0.3) is 11.4 Å². The number of nitro benzene ring substituents is 2. The molecule has 0 bridgehead atoms. The van der Waals surface area contributed by atoms with E-state index in [2.05, 4.69) is 0 Å². The molecule has 0 aliphatic rings. The lowest BCUT2D eigenvalue weighted by molar-refractivity contribution is -0.384. The molecule has 0 N–H and O–H groups in total. The van der Waals surface area contributed by atoms with Crippen LogP contribution in [-0.2, 0) is 4.74 Å². The number of hydrogen-bond donors (Lipinski definition) is 0. The molecule has 11 heteroatoms. The van der Waals surface area contributed by atoms with Gasteiger partial charge in [-0.25, -0.2) is 4.79 Å². The minimum absolute atomic E-state index is 0.00782. The van der Waals surface area contributed by atoms with Crippen molar-refractivity contribution in [1.29, 1.82) is 0 Å². The van der Waals surface area contributed by atoms with E-state index in [-0.39, 0.29) is 39.5 Å². The number of hydrogen-bond acceptors (Lipinski definition) is 7. The number of aromatic nitrogens is 1. The predicted octanol–water partition coefficient (Wildman–Crippen LogP) is 3.64. The summed E-state index contributed by atoms with van der Waals surface area (Å²) >= 11 is 5.99. The van der Waals surface area contributed by atoms with Crippen LogP contribution in [0.15, 0.2) is 47.4 Å². The maximum absolute atomic E-state index is 12.8. The zero-order valence-electron chi connectivity index (χ0n) is 14.8. The number of benzene rings is 2. The molecule has 0 radical (unpaired) electrons. The van der Waals surface area contributed by atoms with Crippen molar-refractivity contribution in [3.8, 4) is 5.69 Å². The molecule has 0 unspecified atom stereocenters. The highest BCUT2D eigenvalue weighted by Crippen LogP contribution is 2.30. The van der Waals surface area contributed by atoms with E-state index in [1.54, 1.807) is 6.92 Å². The van der Waals surface area contributed by atoms with Crippen LogP contribution in [0.25, 0.3) is 16.6 Å². The third-order valence-electron chi connectivity index (χ3n) is 4.08. The average molecular weight is 418 g/mol. The molecular weight excluding hydrogens is 406 g/mol. The van der Waals surface area contributed by atoms with Gasteiger partial charge >= 0.3 is 5.97 Å². The molecule has 0 aliphatic heterocycles. The van der Waals surface area contributed by atoms with Crippen molar-refractivity contribution in [3.63, 3.8) is 0 Å². The Bertz CT molecular complexity index is 1240. The summed E-state index contributed by atoms with van der Waals surface area (Å²) in [5.41, 5.74) is -1.50. The number of pyridine rings is 1. The largest absolute Gasteiger partial charge is 0.462 e. The van der Waals surface area contributed by atoms with Gasteiger partial charge in [-0.3, -0.25) is 25.0 Å². The van der Waals surface area contributed by atoms with E-state index in [1.807, 2.05) is 0 Å². The summed E-state index contributed by atoms with van der Waals surface area (Å²) in [5, 5.41) is 21.9. The zero-order chi connectivity index (χ0) is 21.3. The number of ether oxygens (including phenoxy) is 1. The first-order valence-corrected chi connectivity index (χ1v) is 8.57. The van der Waals surface area contributed by atoms with E-state index in [0.29, 0.717) is 0 Å². The molecule has 0 saturated carbocycles. The standard InChI is InChI=1S/C18H12ClN3O7/c1-2-29-18(24)13-9-20(10-4-3-5-11(6-10)21(25)26)15-8-14(19)16(22(27)28)7-12(15)17(13)23/h3-9H,2H2,1H3. The Kier molecular flexibility index (Phi) is 5.29. The molecule has 1 aromatic heterocycles. The lowest BCUT2D eigenvalue weighted by Crippen LogP contribution is -2.20. The molecule has 0 amide bonds. The summed E-state index contributed by atoms with van der Waals surface area (Å²) < 4.78 is 6.22. The lowest BCUT2D eigenvalue weighted by atomic mass is 10.1. The first-order valence-electron chi connectivity index (χ1n) is 8.19. The summed E-state index contributed by atoms with van der Waals surface area (Å²) in [6.07, 6.45) is 1.17. The smallest absolute Gasteiger partial charge is 0.343 e. The minimum atomic E-state index is -0.920. The van der Waals surface area contributed by atoms with Crippen molar-refractivity contribution in [2.24, 2.45) is 0 Å². The molecule has 0 saturated heterocycles. The Morgan fingerprint density at radius 2 is 1.90 bits per heavy atom. The lowest BCUT2D eigenvalue weighted by Gasteiger charge is -2.13. The molecular formula is C18H12ClN3O7. The Morgan fingerprint density at radius 1 is 1.17 bits per heavy atom. The van der Waals surface area contributed by atoms with E-state index in [0.717, 1.165) is 6.07 Å². The summed E-state index contributed by atoms with van der Waals surface area (Å²) in [5.74, 6) is -0.920. The van der Waals surface area contributed by atoms with Gasteiger partial charge in [-0.05, 0) is 19.1 Å². The van der Waals surface area contributed by atoms with Gasteiger partial charge in [0.2, 0.25) is 5.43 Å². The van der Waals surface area contributed by atoms with Gasteiger partial charge in [0.15, 0.2) is 0 Å². The fourth-order valence-corrected chi connectivity index (χ4v) is 3.03. The maximum atomic E-state index is 12.8. The summed E-state index contributed by atoms with van der Waals surface area (Å²) in [7, 11) is 0. The summed E-state index contributed by atoms with van der Waals surface area (Å²) in [6.45, 7) is 1.57. The van der Waals surface area contributed by atoms with Crippen LogP contribution < -0.4 is 5.43 Å². The van der Waals surface area contributed by atoms with Crippen molar-refractivity contribution in [3.05, 3.63) is 83.6 Å². The highest BCUT2D eigenvalue weighted by atomic mass is 35.5. The maximum Gasteiger partial charge on any atom is 0.343 e. The molecule has 10 nitrogen and oxygen atoms in total. The van der Waals surface area contributed by atoms with E-state index >= 15 is 0 Å². The Balaban J connectivity index is 2.43. The van der Waals surface area contributed by atoms with Gasteiger partial charge in [0.05, 0.1) is 33.0 Å². The average Bonchev–Trinajstić information content (AvgIpc) is 2.68. The number of esters is 1. The molecule has 1 heterocycles. The minimum Gasteiger partial charge on any atom is -0.462 e. The Labute approximate surface area is 167 Å². The normalized spacial score (nSPS) is 10.7. The van der Waals surface area contributed by atoms with Gasteiger partial charge < -0.3 is 9.30 Å². The molecule has 3 rings (SSSR count). The molecule has 2 aromatic carbocycles. The Hall–Kier alpha value is -3.79. The molecule has 0 fully saturated rings. The molecule has 0 spiro atoms. The van der Waals surface area contributed by atoms with Crippen molar-refractivity contribution in [2.75, 3.05) is 6.61 Å². The fourth-order valence-electron chi connectivity index (χ4n) is 2.80. The summed E-state index contributed by atoms with van der Waals surface area (Å²) in [4.78, 5) is 46.0. The third kappa shape index (κ3) is 3.65. The second-order valence-corrected chi connectivity index (χ2v) is 6.22. The van der Waals surface area contributed by atoms with Crippen LogP contribution in [0.2, 0.25) is 5.02 Å². The first kappa shape index (κ1) is 20.0. The van der Waals surface area contributed by atoms with Gasteiger partial charge in [-0.15, -0.1) is 0 Å². The number of nitrogens with zero attached hydrogens (tertiary/aromatic N) is 3. The van der Waals surface area contributed by atoms with Crippen LogP contribution in [0, 0.1) is 20.2 Å². The van der Waals surface area contributed by atoms with E-state index in [1.165, 1.54) is 41.1 Å². The predicted molar refractivity (Wildman–Crippen MR) is 104 cm³/mol. The number of nitro groups is 2. The van der Waals surface area contributed by atoms with E-state index in [4.69, 9.17) is 16.3 Å². The zero-order valence-corrected chi connectivity index (χ0v) is 15.6. The summed E-state index contributed by atoms with van der Waals surface area (Å²) in [6, 6.07) is 7.61. The van der Waals surface area contributed by atoms with Gasteiger partial charge in [-0.2, -0.15) is 0 Å². The Morgan fingerprint density at radius 3 is 2.52 bits per heavy atom. The van der Waals surface area contributed by atoms with E-state index < -0.39 is 26.9 Å². The quantitative estimate of drug-likeness (QED) is 0.351. The van der Waals surface area contributed by atoms with Gasteiger partial charge in [-0.1, -0.05) is 17.7 Å². The van der Waals surface area contributed by atoms with Gasteiger partial charge in [0.1, 0.15) is 10.6 Å². The fraction of sp³-hybridized carbons (Fsp3) is 0.111. The van der Waals surface area contributed by atoms with Crippen molar-refractivity contribution in [1.82, 2.24) is 4.57 Å². The topological polar surface area (TPSA) is 135 Å². The van der Waals surface area contributed by atoms with Crippen LogP contribution in [0.5, 0.6) is 0 Å². The van der Waals surface area contributed by atoms with Crippen LogP contribution in [0.3, 0.4) is 0 Å². The number of non-ortho nitro benzene ring substituents is 1. The number of carbonyl (C=O) groups is 1. The highest BCUT2D eigenvalue weighted by molar-refractivity contribution is 6.33. The molecule has 0 aliphatic carbocycles. The molecule has 148 valence electrons. The molecule has 29 heavy (non-hydrogen) atoms. The van der Waals surface area contributed by atoms with Crippen molar-refractivity contribution in [2.45, 2.75) is 6.92 Å².